The molecule has 128 valence electrons. The number of nitrogens with one attached hydrogen (secondary N) is 1. The van der Waals surface area contributed by atoms with E-state index < -0.39 is 10.0 Å². The second-order valence-corrected chi connectivity index (χ2v) is 7.04. The molecule has 0 bridgehead atoms. The van der Waals surface area contributed by atoms with Crippen LogP contribution in [-0.2, 0) is 14.8 Å². The van der Waals surface area contributed by atoms with Crippen LogP contribution in [0, 0.1) is 0 Å². The summed E-state index contributed by atoms with van der Waals surface area (Å²) < 4.78 is 30.7. The van der Waals surface area contributed by atoms with E-state index in [0.29, 0.717) is 23.7 Å². The van der Waals surface area contributed by atoms with Crippen molar-refractivity contribution in [3.63, 3.8) is 0 Å². The van der Waals surface area contributed by atoms with Crippen LogP contribution in [0.2, 0.25) is 0 Å². The molecule has 7 heteroatoms. The molecule has 6 nitrogen and oxygen atoms in total. The number of nitrogens with zero attached hydrogens (tertiary/aromatic N) is 1. The maximum absolute atomic E-state index is 12.0. The Balaban J connectivity index is 2.17. The molecule has 0 fully saturated rings. The number of hydrogen-bond acceptors (Lipinski definition) is 4. The van der Waals surface area contributed by atoms with Gasteiger partial charge in [0.2, 0.25) is 15.9 Å². The maximum Gasteiger partial charge on any atom is 0.240 e. The molecular formula is C17H20N2O4S. The highest BCUT2D eigenvalue weighted by molar-refractivity contribution is 7.92. The second-order valence-electron chi connectivity index (χ2n) is 5.13. The minimum atomic E-state index is -3.57. The molecule has 0 aliphatic heterocycles. The van der Waals surface area contributed by atoms with E-state index in [9.17, 15) is 13.2 Å². The lowest BCUT2D eigenvalue weighted by Crippen LogP contribution is -2.40. The lowest BCUT2D eigenvalue weighted by atomic mass is 10.3. The summed E-state index contributed by atoms with van der Waals surface area (Å²) >= 11 is 0. The van der Waals surface area contributed by atoms with E-state index >= 15 is 0 Å². The molecule has 2 aromatic rings. The lowest BCUT2D eigenvalue weighted by Gasteiger charge is -2.22. The van der Waals surface area contributed by atoms with Crippen LogP contribution in [0.4, 0.5) is 5.69 Å². The first-order chi connectivity index (χ1) is 11.4. The zero-order chi connectivity index (χ0) is 17.6. The zero-order valence-electron chi connectivity index (χ0n) is 13.6. The molecule has 1 N–H and O–H groups in total. The van der Waals surface area contributed by atoms with Gasteiger partial charge in [-0.2, -0.15) is 0 Å². The van der Waals surface area contributed by atoms with Crippen molar-refractivity contribution in [2.75, 3.05) is 23.7 Å². The second kappa shape index (κ2) is 7.83. The third kappa shape index (κ3) is 4.99. The molecular weight excluding hydrogens is 328 g/mol. The molecule has 0 saturated carbocycles. The third-order valence-corrected chi connectivity index (χ3v) is 4.31. The summed E-state index contributed by atoms with van der Waals surface area (Å²) in [5.74, 6) is 0.913. The molecule has 0 saturated heterocycles. The van der Waals surface area contributed by atoms with Crippen molar-refractivity contribution in [3.8, 4) is 11.5 Å². The van der Waals surface area contributed by atoms with Gasteiger partial charge in [-0.25, -0.2) is 8.42 Å². The molecule has 2 rings (SSSR count). The summed E-state index contributed by atoms with van der Waals surface area (Å²) in [5, 5.41) is 2.59. The van der Waals surface area contributed by atoms with Crippen LogP contribution >= 0.6 is 0 Å². The Labute approximate surface area is 142 Å². The number of hydrogen-bond donors (Lipinski definition) is 1. The number of carbonyl (C=O) groups is 1. The standard InChI is InChI=1S/C17H20N2O4S/c1-3-18-17(20)13-19(24(2,21)22)14-9-11-16(12-10-14)23-15-7-5-4-6-8-15/h4-12H,3,13H2,1-2H3,(H,18,20). The number of para-hydroxylation sites is 1. The SMILES string of the molecule is CCNC(=O)CN(c1ccc(Oc2ccccc2)cc1)S(C)(=O)=O. The summed E-state index contributed by atoms with van der Waals surface area (Å²) in [7, 11) is -3.57. The Bertz CT molecular complexity index is 774. The summed E-state index contributed by atoms with van der Waals surface area (Å²) in [5.41, 5.74) is 0.407. The topological polar surface area (TPSA) is 75.7 Å². The molecule has 0 aromatic heterocycles. The van der Waals surface area contributed by atoms with Crippen molar-refractivity contribution < 1.29 is 17.9 Å². The fourth-order valence-corrected chi connectivity index (χ4v) is 2.95. The first-order valence-corrected chi connectivity index (χ1v) is 9.32. The molecule has 0 aliphatic carbocycles. The largest absolute Gasteiger partial charge is 0.457 e. The number of likely N-dealkylation sites (N-methyl/N-ethyl adjacent to an activating group) is 1. The van der Waals surface area contributed by atoms with Crippen LogP contribution in [0.5, 0.6) is 11.5 Å². The number of ether oxygens (including phenoxy) is 1. The van der Waals surface area contributed by atoms with Gasteiger partial charge in [0.15, 0.2) is 0 Å². The summed E-state index contributed by atoms with van der Waals surface area (Å²) in [4.78, 5) is 11.7. The van der Waals surface area contributed by atoms with Gasteiger partial charge >= 0.3 is 0 Å². The van der Waals surface area contributed by atoms with Gasteiger partial charge in [0.1, 0.15) is 18.0 Å². The normalized spacial score (nSPS) is 10.9. The van der Waals surface area contributed by atoms with Gasteiger partial charge in [0, 0.05) is 6.54 Å². The zero-order valence-corrected chi connectivity index (χ0v) is 14.4. The molecule has 0 heterocycles. The van der Waals surface area contributed by atoms with E-state index in [4.69, 9.17) is 4.74 Å². The van der Waals surface area contributed by atoms with Gasteiger partial charge in [0.05, 0.1) is 11.9 Å². The van der Waals surface area contributed by atoms with Crippen molar-refractivity contribution in [2.45, 2.75) is 6.92 Å². The molecule has 0 unspecified atom stereocenters. The molecule has 0 aliphatic rings. The summed E-state index contributed by atoms with van der Waals surface area (Å²) in [6.07, 6.45) is 1.07. The summed E-state index contributed by atoms with van der Waals surface area (Å²) in [6.45, 7) is 1.96. The fraction of sp³-hybridized carbons (Fsp3) is 0.235. The number of sulfonamides is 1. The third-order valence-electron chi connectivity index (χ3n) is 3.17. The van der Waals surface area contributed by atoms with Crippen molar-refractivity contribution in [1.29, 1.82) is 0 Å². The molecule has 24 heavy (non-hydrogen) atoms. The maximum atomic E-state index is 12.0. The Morgan fingerprint density at radius 3 is 2.17 bits per heavy atom. The monoisotopic (exact) mass is 348 g/mol. The van der Waals surface area contributed by atoms with Crippen molar-refractivity contribution in [1.82, 2.24) is 5.32 Å². The Morgan fingerprint density at radius 1 is 1.04 bits per heavy atom. The highest BCUT2D eigenvalue weighted by Crippen LogP contribution is 2.25. The fourth-order valence-electron chi connectivity index (χ4n) is 2.09. The lowest BCUT2D eigenvalue weighted by molar-refractivity contribution is -0.119. The van der Waals surface area contributed by atoms with Gasteiger partial charge in [-0.3, -0.25) is 9.10 Å². The van der Waals surface area contributed by atoms with Gasteiger partial charge in [-0.05, 0) is 43.3 Å². The minimum absolute atomic E-state index is 0.258. The van der Waals surface area contributed by atoms with E-state index in [1.54, 1.807) is 31.2 Å². The van der Waals surface area contributed by atoms with Crippen LogP contribution in [0.3, 0.4) is 0 Å². The molecule has 0 atom stereocenters. The van der Waals surface area contributed by atoms with Crippen LogP contribution in [-0.4, -0.2) is 33.7 Å². The van der Waals surface area contributed by atoms with Crippen molar-refractivity contribution in [3.05, 3.63) is 54.6 Å². The number of benzene rings is 2. The smallest absolute Gasteiger partial charge is 0.240 e. The minimum Gasteiger partial charge on any atom is -0.457 e. The van der Waals surface area contributed by atoms with Crippen molar-refractivity contribution in [2.24, 2.45) is 0 Å². The average Bonchev–Trinajstić information content (AvgIpc) is 2.54. The van der Waals surface area contributed by atoms with Gasteiger partial charge in [0.25, 0.3) is 0 Å². The van der Waals surface area contributed by atoms with E-state index in [0.717, 1.165) is 10.6 Å². The average molecular weight is 348 g/mol. The van der Waals surface area contributed by atoms with Crippen molar-refractivity contribution >= 4 is 21.6 Å². The molecule has 2 aromatic carbocycles. The molecule has 1 amide bonds. The van der Waals surface area contributed by atoms with Crippen LogP contribution in [0.25, 0.3) is 0 Å². The number of amides is 1. The highest BCUT2D eigenvalue weighted by Gasteiger charge is 2.20. The molecule has 0 spiro atoms. The predicted octanol–water partition coefficient (Wildman–Crippen LogP) is 2.38. The predicted molar refractivity (Wildman–Crippen MR) is 93.8 cm³/mol. The first kappa shape index (κ1) is 17.8. The molecule has 0 radical (unpaired) electrons. The summed E-state index contributed by atoms with van der Waals surface area (Å²) in [6, 6.07) is 15.8. The van der Waals surface area contributed by atoms with Gasteiger partial charge in [-0.1, -0.05) is 18.2 Å². The Hall–Kier alpha value is -2.54. The highest BCUT2D eigenvalue weighted by atomic mass is 32.2. The number of carbonyl (C=O) groups excluding carboxylic acids is 1. The van der Waals surface area contributed by atoms with E-state index in [2.05, 4.69) is 5.32 Å². The van der Waals surface area contributed by atoms with Crippen LogP contribution < -0.4 is 14.4 Å². The van der Waals surface area contributed by atoms with E-state index in [1.165, 1.54) is 0 Å². The van der Waals surface area contributed by atoms with E-state index in [-0.39, 0.29) is 12.5 Å². The Morgan fingerprint density at radius 2 is 1.62 bits per heavy atom. The van der Waals surface area contributed by atoms with Gasteiger partial charge in [-0.15, -0.1) is 0 Å². The Kier molecular flexibility index (Phi) is 5.81. The van der Waals surface area contributed by atoms with Gasteiger partial charge < -0.3 is 10.1 Å². The van der Waals surface area contributed by atoms with Crippen LogP contribution in [0.1, 0.15) is 6.92 Å². The van der Waals surface area contributed by atoms with Crippen LogP contribution in [0.15, 0.2) is 54.6 Å². The quantitative estimate of drug-likeness (QED) is 0.833. The number of rotatable bonds is 7. The van der Waals surface area contributed by atoms with E-state index in [1.807, 2.05) is 30.3 Å². The first-order valence-electron chi connectivity index (χ1n) is 7.47. The number of anilines is 1.